The van der Waals surface area contributed by atoms with Crippen molar-refractivity contribution in [1.29, 1.82) is 0 Å². The number of hydrogen-bond acceptors (Lipinski definition) is 10. The molecule has 3 aromatic heterocycles. The van der Waals surface area contributed by atoms with Crippen LogP contribution >= 0.6 is 0 Å². The summed E-state index contributed by atoms with van der Waals surface area (Å²) < 4.78 is 18.9. The number of anilines is 1. The van der Waals surface area contributed by atoms with Gasteiger partial charge in [0.2, 0.25) is 0 Å². The molecular weight excluding hydrogens is 468 g/mol. The maximum atomic E-state index is 10.7. The molecule has 2 fully saturated rings. The molecule has 0 radical (unpaired) electrons. The monoisotopic (exact) mass is 496 g/mol. The maximum absolute atomic E-state index is 10.7. The number of aromatic amines is 1. The summed E-state index contributed by atoms with van der Waals surface area (Å²) in [4.78, 5) is 16.4. The minimum absolute atomic E-state index is 0.0833. The fourth-order valence-corrected chi connectivity index (χ4v) is 4.42. The van der Waals surface area contributed by atoms with Gasteiger partial charge in [0.15, 0.2) is 23.0 Å². The Balaban J connectivity index is 0.000000623. The molecule has 12 heteroatoms. The highest BCUT2D eigenvalue weighted by Crippen LogP contribution is 2.34. The van der Waals surface area contributed by atoms with Crippen molar-refractivity contribution in [2.75, 3.05) is 25.1 Å². The highest BCUT2D eigenvalue weighted by molar-refractivity contribution is 5.74. The Bertz CT molecular complexity index is 1310. The number of oxazole rings is 1. The topological polar surface area (TPSA) is 165 Å². The van der Waals surface area contributed by atoms with E-state index in [1.54, 1.807) is 10.9 Å². The first-order chi connectivity index (χ1) is 17.4. The number of para-hydroxylation sites is 2. The van der Waals surface area contributed by atoms with E-state index in [2.05, 4.69) is 31.8 Å². The minimum atomic E-state index is -1.15. The Hall–Kier alpha value is -3.58. The quantitative estimate of drug-likeness (QED) is 0.331. The van der Waals surface area contributed by atoms with E-state index in [1.807, 2.05) is 24.3 Å². The van der Waals surface area contributed by atoms with Gasteiger partial charge in [-0.25, -0.2) is 25.3 Å². The molecule has 0 bridgehead atoms. The van der Waals surface area contributed by atoms with Crippen LogP contribution in [0.4, 0.5) is 6.01 Å². The van der Waals surface area contributed by atoms with E-state index in [1.165, 1.54) is 13.3 Å². The molecule has 5 heterocycles. The molecule has 0 saturated carbocycles. The number of aromatic nitrogens is 5. The summed E-state index contributed by atoms with van der Waals surface area (Å²) in [5.74, 6) is 0.0841. The van der Waals surface area contributed by atoms with Crippen molar-refractivity contribution in [2.24, 2.45) is 0 Å². The van der Waals surface area contributed by atoms with Crippen molar-refractivity contribution in [3.63, 3.8) is 0 Å². The van der Waals surface area contributed by atoms with Gasteiger partial charge in [-0.2, -0.15) is 0 Å². The lowest BCUT2D eigenvalue weighted by Gasteiger charge is -2.16. The van der Waals surface area contributed by atoms with Crippen LogP contribution in [0.3, 0.4) is 0 Å². The first-order valence-electron chi connectivity index (χ1n) is 11.7. The molecule has 4 aromatic rings. The van der Waals surface area contributed by atoms with Crippen molar-refractivity contribution in [1.82, 2.24) is 19.5 Å². The normalized spacial score (nSPS) is 25.7. The number of imidazole rings is 1. The summed E-state index contributed by atoms with van der Waals surface area (Å²) in [5, 5.41) is 33.7. The van der Waals surface area contributed by atoms with E-state index in [9.17, 15) is 15.3 Å². The number of rotatable bonds is 5. The predicted molar refractivity (Wildman–Crippen MR) is 125 cm³/mol. The smallest absolute Gasteiger partial charge is 0.453 e. The molecule has 0 amide bonds. The highest BCUT2D eigenvalue weighted by atomic mass is 16.6. The van der Waals surface area contributed by atoms with Gasteiger partial charge in [0, 0.05) is 12.5 Å². The second-order valence-corrected chi connectivity index (χ2v) is 8.83. The van der Waals surface area contributed by atoms with Crippen molar-refractivity contribution in [2.45, 2.75) is 43.8 Å². The molecule has 190 valence electrons. The first kappa shape index (κ1) is 24.1. The fraction of sp³-hybridized carbons (Fsp3) is 0.417. The third-order valence-corrected chi connectivity index (χ3v) is 6.13. The maximum Gasteiger partial charge on any atom is 0.453 e. The standard InChI is InChI=1S/C21H22N6O5.C3H6O/c28-17-14(7-22-21-26-12-3-1-2-4-13(12)32-21)31-20(18(17)29)27-10-25-16-15(11-5-6-30-8-11)23-9-24-19(16)27;1-3(2)4/h1-4,9-11,14,17-18,20,28-29H,5-8H2,(H,22,26);4H,1H2,2H3/t11?,14-,17+,18+,20-;/m1./s1. The number of nitrogens with one attached hydrogen (secondary N) is 2. The van der Waals surface area contributed by atoms with E-state index in [0.717, 1.165) is 17.6 Å². The van der Waals surface area contributed by atoms with Gasteiger partial charge < -0.3 is 29.2 Å². The zero-order chi connectivity index (χ0) is 25.2. The van der Waals surface area contributed by atoms with Crippen LogP contribution in [0.2, 0.25) is 0 Å². The number of hydrogen-bond donors (Lipinski definition) is 3. The van der Waals surface area contributed by atoms with Gasteiger partial charge in [0.25, 0.3) is 0 Å². The van der Waals surface area contributed by atoms with Gasteiger partial charge in [0.05, 0.1) is 18.6 Å². The summed E-state index contributed by atoms with van der Waals surface area (Å²) in [6.45, 7) is 5.95. The molecule has 12 nitrogen and oxygen atoms in total. The van der Waals surface area contributed by atoms with Crippen molar-refractivity contribution in [3.8, 4) is 0 Å². The molecule has 2 saturated heterocycles. The summed E-state index contributed by atoms with van der Waals surface area (Å²) in [6, 6.07) is 8.01. The summed E-state index contributed by atoms with van der Waals surface area (Å²) in [7, 11) is 0. The van der Waals surface area contributed by atoms with E-state index >= 15 is 0 Å². The Kier molecular flexibility index (Phi) is 6.83. The Labute approximate surface area is 206 Å². The van der Waals surface area contributed by atoms with Crippen LogP contribution in [0.5, 0.6) is 0 Å². The molecular formula is C24H28N6O6. The minimum Gasteiger partial charge on any atom is -0.876 e. The largest absolute Gasteiger partial charge is 0.876 e. The second kappa shape index (κ2) is 10.2. The Morgan fingerprint density at radius 1 is 1.25 bits per heavy atom. The molecule has 4 N–H and O–H groups in total. The van der Waals surface area contributed by atoms with Crippen LogP contribution in [0.1, 0.15) is 31.2 Å². The SMILES string of the molecule is C=C(C)[O-].O[C@@H]1[C@H](O)[C@H](n2cnc3c(C4CCOC4)ncnc32)O[C@@H]1CNc1[nH+]c2ccccc2o1. The zero-order valence-corrected chi connectivity index (χ0v) is 19.7. The number of fused-ring (bicyclic) bond motifs is 2. The van der Waals surface area contributed by atoms with E-state index < -0.39 is 24.5 Å². The molecule has 2 aliphatic rings. The molecule has 36 heavy (non-hydrogen) atoms. The van der Waals surface area contributed by atoms with Crippen LogP contribution in [-0.4, -0.2) is 67.8 Å². The number of benzene rings is 1. The number of allylic oxidation sites excluding steroid dienone is 1. The van der Waals surface area contributed by atoms with Gasteiger partial charge in [-0.05, 0) is 18.6 Å². The molecule has 6 rings (SSSR count). The van der Waals surface area contributed by atoms with Crippen LogP contribution in [0.25, 0.3) is 22.3 Å². The highest BCUT2D eigenvalue weighted by Gasteiger charge is 2.45. The molecule has 0 aliphatic carbocycles. The molecule has 5 atom stereocenters. The lowest BCUT2D eigenvalue weighted by molar-refractivity contribution is -0.334. The summed E-state index contributed by atoms with van der Waals surface area (Å²) in [5.41, 5.74) is 3.62. The van der Waals surface area contributed by atoms with Crippen molar-refractivity contribution < 1.29 is 34.2 Å². The van der Waals surface area contributed by atoms with Gasteiger partial charge in [-0.1, -0.05) is 19.1 Å². The lowest BCUT2D eigenvalue weighted by Crippen LogP contribution is -2.35. The zero-order valence-electron chi connectivity index (χ0n) is 19.7. The fourth-order valence-electron chi connectivity index (χ4n) is 4.42. The summed E-state index contributed by atoms with van der Waals surface area (Å²) >= 11 is 0. The van der Waals surface area contributed by atoms with Crippen LogP contribution < -0.4 is 15.4 Å². The number of nitrogens with zero attached hydrogens (tertiary/aromatic N) is 4. The van der Waals surface area contributed by atoms with E-state index in [0.29, 0.717) is 36.0 Å². The van der Waals surface area contributed by atoms with Gasteiger partial charge in [0.1, 0.15) is 36.7 Å². The van der Waals surface area contributed by atoms with Crippen LogP contribution in [-0.2, 0) is 9.47 Å². The first-order valence-corrected chi connectivity index (χ1v) is 11.7. The predicted octanol–water partition coefficient (Wildman–Crippen LogP) is 0.502. The van der Waals surface area contributed by atoms with Gasteiger partial charge >= 0.3 is 6.01 Å². The van der Waals surface area contributed by atoms with Gasteiger partial charge in [-0.3, -0.25) is 4.57 Å². The average Bonchev–Trinajstić information content (AvgIpc) is 3.65. The Morgan fingerprint density at radius 2 is 2.06 bits per heavy atom. The molecule has 1 aromatic carbocycles. The number of aliphatic hydroxyl groups is 2. The van der Waals surface area contributed by atoms with Crippen LogP contribution in [0.15, 0.2) is 53.7 Å². The molecule has 0 spiro atoms. The third-order valence-electron chi connectivity index (χ3n) is 6.13. The number of H-pyrrole nitrogens is 1. The van der Waals surface area contributed by atoms with E-state index in [4.69, 9.17) is 13.9 Å². The number of aliphatic hydroxyl groups excluding tert-OH is 2. The van der Waals surface area contributed by atoms with Crippen molar-refractivity contribution in [3.05, 3.63) is 55.0 Å². The Morgan fingerprint density at radius 3 is 2.81 bits per heavy atom. The lowest BCUT2D eigenvalue weighted by atomic mass is 10.0. The van der Waals surface area contributed by atoms with Crippen LogP contribution in [0, 0.1) is 0 Å². The second-order valence-electron chi connectivity index (χ2n) is 8.83. The molecule has 2 aliphatic heterocycles. The van der Waals surface area contributed by atoms with Crippen molar-refractivity contribution >= 4 is 28.3 Å². The average molecular weight is 497 g/mol. The van der Waals surface area contributed by atoms with Gasteiger partial charge in [-0.15, -0.1) is 12.3 Å². The third kappa shape index (κ3) is 4.75. The summed E-state index contributed by atoms with van der Waals surface area (Å²) in [6.07, 6.45) is 0.200. The molecule has 1 unspecified atom stereocenters. The van der Waals surface area contributed by atoms with E-state index in [-0.39, 0.29) is 18.2 Å². The number of ether oxygens (including phenoxy) is 2.